The highest BCUT2D eigenvalue weighted by molar-refractivity contribution is 5.92. The van der Waals surface area contributed by atoms with Gasteiger partial charge in [-0.1, -0.05) is 32.9 Å². The van der Waals surface area contributed by atoms with E-state index in [1.165, 1.54) is 16.0 Å². The number of carbonyl (C=O) groups excluding carboxylic acids is 1. The highest BCUT2D eigenvalue weighted by Gasteiger charge is 2.28. The molecule has 0 aromatic carbocycles. The van der Waals surface area contributed by atoms with E-state index in [2.05, 4.69) is 53.2 Å². The van der Waals surface area contributed by atoms with Crippen molar-refractivity contribution in [1.82, 2.24) is 29.0 Å². The van der Waals surface area contributed by atoms with Gasteiger partial charge in [-0.15, -0.1) is 0 Å². The van der Waals surface area contributed by atoms with E-state index in [9.17, 15) is 9.59 Å². The number of hydrogen-bond acceptors (Lipinski definition) is 6. The molecule has 0 saturated carbocycles. The van der Waals surface area contributed by atoms with Gasteiger partial charge in [0, 0.05) is 37.7 Å². The fourth-order valence-corrected chi connectivity index (χ4v) is 4.52. The van der Waals surface area contributed by atoms with Crippen molar-refractivity contribution in [3.05, 3.63) is 82.3 Å². The molecule has 5 rings (SSSR count). The normalized spacial score (nSPS) is 17.2. The Hall–Kier alpha value is -3.56. The predicted molar refractivity (Wildman–Crippen MR) is 132 cm³/mol. The van der Waals surface area contributed by atoms with Crippen LogP contribution < -0.4 is 10.9 Å². The lowest BCUT2D eigenvalue weighted by Gasteiger charge is -2.39. The highest BCUT2D eigenvalue weighted by Crippen LogP contribution is 2.28. The van der Waals surface area contributed by atoms with Gasteiger partial charge in [0.1, 0.15) is 17.0 Å². The minimum atomic E-state index is -0.414. The average molecular weight is 475 g/mol. The summed E-state index contributed by atoms with van der Waals surface area (Å²) >= 11 is 0. The summed E-state index contributed by atoms with van der Waals surface area (Å²) in [4.78, 5) is 36.3. The van der Waals surface area contributed by atoms with Crippen LogP contribution in [0, 0.1) is 5.41 Å². The molecule has 9 nitrogen and oxygen atoms in total. The SMILES string of the molecule is CC(C)(C)CN1CCOCC1c1ccc2nc(CNC(=O)c3cc(=O)n4ccccc4n3)cn2c1. The number of pyridine rings is 2. The van der Waals surface area contributed by atoms with Crippen LogP contribution >= 0.6 is 0 Å². The second kappa shape index (κ2) is 9.24. The summed E-state index contributed by atoms with van der Waals surface area (Å²) in [7, 11) is 0. The summed E-state index contributed by atoms with van der Waals surface area (Å²) in [5.41, 5.74) is 3.12. The first-order chi connectivity index (χ1) is 16.8. The molecule has 1 atom stereocenters. The third-order valence-electron chi connectivity index (χ3n) is 6.06. The Morgan fingerprint density at radius 1 is 1.14 bits per heavy atom. The van der Waals surface area contributed by atoms with Gasteiger partial charge < -0.3 is 14.5 Å². The largest absolute Gasteiger partial charge is 0.378 e. The quantitative estimate of drug-likeness (QED) is 0.478. The molecule has 1 aliphatic heterocycles. The van der Waals surface area contributed by atoms with Crippen molar-refractivity contribution in [2.24, 2.45) is 5.41 Å². The van der Waals surface area contributed by atoms with Gasteiger partial charge in [0.05, 0.1) is 31.5 Å². The van der Waals surface area contributed by atoms with E-state index >= 15 is 0 Å². The van der Waals surface area contributed by atoms with Gasteiger partial charge in [0.25, 0.3) is 11.5 Å². The first kappa shape index (κ1) is 23.2. The number of imidazole rings is 1. The van der Waals surface area contributed by atoms with Crippen LogP contribution in [0.25, 0.3) is 11.3 Å². The number of nitrogens with one attached hydrogen (secondary N) is 1. The second-order valence-electron chi connectivity index (χ2n) is 10.2. The van der Waals surface area contributed by atoms with Gasteiger partial charge in [-0.3, -0.25) is 18.9 Å². The summed E-state index contributed by atoms with van der Waals surface area (Å²) in [5, 5.41) is 2.83. The first-order valence-corrected chi connectivity index (χ1v) is 11.8. The number of aromatic nitrogens is 4. The average Bonchev–Trinajstić information content (AvgIpc) is 3.24. The third-order valence-corrected chi connectivity index (χ3v) is 6.06. The minimum absolute atomic E-state index is 0.0866. The van der Waals surface area contributed by atoms with Gasteiger partial charge in [0.15, 0.2) is 0 Å². The Balaban J connectivity index is 1.31. The highest BCUT2D eigenvalue weighted by atomic mass is 16.5. The van der Waals surface area contributed by atoms with Gasteiger partial charge in [-0.05, 0) is 29.2 Å². The van der Waals surface area contributed by atoms with Crippen molar-refractivity contribution in [2.75, 3.05) is 26.3 Å². The van der Waals surface area contributed by atoms with Crippen LogP contribution in [-0.4, -0.2) is 55.9 Å². The molecule has 1 N–H and O–H groups in total. The van der Waals surface area contributed by atoms with Crippen LogP contribution in [0.5, 0.6) is 0 Å². The lowest BCUT2D eigenvalue weighted by atomic mass is 9.94. The summed E-state index contributed by atoms with van der Waals surface area (Å²) in [6.07, 6.45) is 5.63. The fourth-order valence-electron chi connectivity index (χ4n) is 4.52. The number of amides is 1. The van der Waals surface area contributed by atoms with Crippen LogP contribution in [-0.2, 0) is 11.3 Å². The Labute approximate surface area is 203 Å². The molecule has 182 valence electrons. The molecule has 1 aliphatic rings. The molecular weight excluding hydrogens is 444 g/mol. The topological polar surface area (TPSA) is 93.2 Å². The number of rotatable bonds is 5. The Morgan fingerprint density at radius 3 is 2.83 bits per heavy atom. The lowest BCUT2D eigenvalue weighted by molar-refractivity contribution is -0.0220. The van der Waals surface area contributed by atoms with E-state index < -0.39 is 5.91 Å². The van der Waals surface area contributed by atoms with E-state index in [1.807, 2.05) is 16.7 Å². The second-order valence-corrected chi connectivity index (χ2v) is 10.2. The van der Waals surface area contributed by atoms with E-state index in [1.54, 1.807) is 24.4 Å². The van der Waals surface area contributed by atoms with E-state index in [0.29, 0.717) is 12.3 Å². The molecule has 1 saturated heterocycles. The molecule has 0 aliphatic carbocycles. The van der Waals surface area contributed by atoms with Crippen molar-refractivity contribution in [2.45, 2.75) is 33.4 Å². The van der Waals surface area contributed by atoms with Crippen molar-refractivity contribution in [3.8, 4) is 0 Å². The van der Waals surface area contributed by atoms with Gasteiger partial charge in [-0.2, -0.15) is 0 Å². The number of hydrogen-bond donors (Lipinski definition) is 1. The van der Waals surface area contributed by atoms with Crippen LogP contribution in [0.3, 0.4) is 0 Å². The minimum Gasteiger partial charge on any atom is -0.378 e. The molecule has 0 radical (unpaired) electrons. The molecule has 1 amide bonds. The molecule has 4 aromatic rings. The number of carbonyl (C=O) groups is 1. The van der Waals surface area contributed by atoms with Crippen LogP contribution in [0.1, 0.15) is 48.6 Å². The lowest BCUT2D eigenvalue weighted by Crippen LogP contribution is -2.43. The van der Waals surface area contributed by atoms with Crippen molar-refractivity contribution < 1.29 is 9.53 Å². The van der Waals surface area contributed by atoms with Gasteiger partial charge >= 0.3 is 0 Å². The number of morpholine rings is 1. The molecule has 1 unspecified atom stereocenters. The molecule has 0 bridgehead atoms. The fraction of sp³-hybridized carbons (Fsp3) is 0.385. The summed E-state index contributed by atoms with van der Waals surface area (Å²) < 4.78 is 9.18. The van der Waals surface area contributed by atoms with Crippen LogP contribution in [0.15, 0.2) is 59.8 Å². The van der Waals surface area contributed by atoms with E-state index in [4.69, 9.17) is 4.74 Å². The number of ether oxygens (including phenoxy) is 1. The molecule has 5 heterocycles. The maximum absolute atomic E-state index is 12.7. The Kier molecular flexibility index (Phi) is 6.12. The van der Waals surface area contributed by atoms with Crippen molar-refractivity contribution in [3.63, 3.8) is 0 Å². The molecule has 1 fully saturated rings. The zero-order valence-electron chi connectivity index (χ0n) is 20.3. The third kappa shape index (κ3) is 5.11. The number of fused-ring (bicyclic) bond motifs is 2. The molecular formula is C26H30N6O3. The van der Waals surface area contributed by atoms with E-state index in [0.717, 1.165) is 31.0 Å². The molecule has 4 aromatic heterocycles. The first-order valence-electron chi connectivity index (χ1n) is 11.8. The summed E-state index contributed by atoms with van der Waals surface area (Å²) in [5.74, 6) is -0.414. The van der Waals surface area contributed by atoms with E-state index in [-0.39, 0.29) is 29.3 Å². The molecule has 0 spiro atoms. The maximum Gasteiger partial charge on any atom is 0.270 e. The van der Waals surface area contributed by atoms with Crippen LogP contribution in [0.4, 0.5) is 0 Å². The zero-order chi connectivity index (χ0) is 24.6. The summed E-state index contributed by atoms with van der Waals surface area (Å²) in [6.45, 7) is 10.3. The number of nitrogens with zero attached hydrogens (tertiary/aromatic N) is 5. The van der Waals surface area contributed by atoms with Crippen LogP contribution in [0.2, 0.25) is 0 Å². The summed E-state index contributed by atoms with van der Waals surface area (Å²) in [6, 6.07) is 10.7. The van der Waals surface area contributed by atoms with Gasteiger partial charge in [0.2, 0.25) is 0 Å². The smallest absolute Gasteiger partial charge is 0.270 e. The Bertz CT molecular complexity index is 1430. The van der Waals surface area contributed by atoms with Crippen molar-refractivity contribution >= 4 is 17.2 Å². The predicted octanol–water partition coefficient (Wildman–Crippen LogP) is 2.69. The monoisotopic (exact) mass is 474 g/mol. The maximum atomic E-state index is 12.7. The molecule has 35 heavy (non-hydrogen) atoms. The molecule has 9 heteroatoms. The Morgan fingerprint density at radius 2 is 2.00 bits per heavy atom. The zero-order valence-corrected chi connectivity index (χ0v) is 20.3. The van der Waals surface area contributed by atoms with Crippen molar-refractivity contribution in [1.29, 1.82) is 0 Å². The standard InChI is InChI=1S/C26H30N6O3/c1-26(2,3)17-30-10-11-35-16-21(30)18-7-8-22-28-19(15-31(22)14-18)13-27-25(34)20-12-24(33)32-9-5-4-6-23(32)29-20/h4-9,12,14-15,21H,10-11,13,16-17H2,1-3H3,(H,27,34). The van der Waals surface area contributed by atoms with Gasteiger partial charge in [-0.25, -0.2) is 9.97 Å².